The summed E-state index contributed by atoms with van der Waals surface area (Å²) in [6.07, 6.45) is 0. The van der Waals surface area contributed by atoms with E-state index >= 15 is 0 Å². The zero-order valence-electron chi connectivity index (χ0n) is 3.12. The average Bonchev–Trinajstić information content (AvgIpc) is 1.00. The molecule has 2 nitrogen and oxygen atoms in total. The summed E-state index contributed by atoms with van der Waals surface area (Å²) in [5.74, 6) is 0. The van der Waals surface area contributed by atoms with Gasteiger partial charge in [0.1, 0.15) is 0 Å². The molecule has 0 fully saturated rings. The molecule has 0 rings (SSSR count). The first kappa shape index (κ1) is 103. The number of hydrogen-bond acceptors (Lipinski definition) is 2. The maximum Gasteiger partial charge on any atom is 1.00 e. The summed E-state index contributed by atoms with van der Waals surface area (Å²) in [6.45, 7) is 0. The quantitative estimate of drug-likeness (QED) is 0.377. The van der Waals surface area contributed by atoms with Crippen molar-refractivity contribution in [1.82, 2.24) is 6.15 Å². The predicted octanol–water partition coefficient (Wildman–Crippen LogP) is -1.95. The van der Waals surface area contributed by atoms with Crippen molar-refractivity contribution in [3.05, 3.63) is 0 Å². The number of rotatable bonds is 0. The monoisotopic (exact) mass is 119 g/mol. The van der Waals surface area contributed by atoms with Gasteiger partial charge in [0.2, 0.25) is 0 Å². The van der Waals surface area contributed by atoms with Crippen LogP contribution in [0.1, 0.15) is 22.3 Å². The molecule has 3 N–H and O–H groups in total. The maximum absolute atomic E-state index is 8.25. The molecule has 0 unspecified atom stereocenters. The van der Waals surface area contributed by atoms with Crippen LogP contribution in [0.25, 0.3) is 0 Å². The molecule has 0 amide bonds. The second-order valence-electron chi connectivity index (χ2n) is 0. The minimum atomic E-state index is 0. The molecule has 0 aliphatic heterocycles. The van der Waals surface area contributed by atoms with E-state index in [0.717, 1.165) is 7.11 Å². The van der Waals surface area contributed by atoms with E-state index in [2.05, 4.69) is 0 Å². The van der Waals surface area contributed by atoms with Crippen LogP contribution in [0.3, 0.4) is 0 Å². The van der Waals surface area contributed by atoms with Crippen LogP contribution in [0.5, 0.6) is 0 Å². The summed E-state index contributed by atoms with van der Waals surface area (Å²) in [6, 6.07) is 0. The van der Waals surface area contributed by atoms with Crippen LogP contribution in [0, 0.1) is 0 Å². The van der Waals surface area contributed by atoms with Crippen molar-refractivity contribution in [2.45, 2.75) is 22.3 Å². The Labute approximate surface area is 70.2 Å². The molecular formula is C4H18NNaO. The van der Waals surface area contributed by atoms with Crippen LogP contribution in [0.15, 0.2) is 0 Å². The predicted molar refractivity (Wildman–Crippen MR) is 31.1 cm³/mol. The molecule has 46 valence electrons. The Bertz CT molecular complexity index is 11.7. The fourth-order valence-electron chi connectivity index (χ4n) is 0. The zero-order chi connectivity index (χ0) is 2.00. The number of hydrogen-bond donors (Lipinski definition) is 1. The SMILES string of the molecule is C.C.C.C[O-].N.[Na+]. The molecule has 0 spiro atoms. The molecule has 0 aromatic carbocycles. The van der Waals surface area contributed by atoms with Gasteiger partial charge in [-0.2, -0.15) is 7.11 Å². The van der Waals surface area contributed by atoms with Crippen LogP contribution in [0.4, 0.5) is 0 Å². The van der Waals surface area contributed by atoms with Gasteiger partial charge in [-0.15, -0.1) is 0 Å². The summed E-state index contributed by atoms with van der Waals surface area (Å²) in [5, 5.41) is 8.25. The molecule has 0 saturated heterocycles. The molecular weight excluding hydrogens is 101 g/mol. The summed E-state index contributed by atoms with van der Waals surface area (Å²) in [5.41, 5.74) is 0. The fraction of sp³-hybridized carbons (Fsp3) is 1.00. The van der Waals surface area contributed by atoms with Gasteiger partial charge in [0.15, 0.2) is 0 Å². The summed E-state index contributed by atoms with van der Waals surface area (Å²) in [7, 11) is 0.750. The van der Waals surface area contributed by atoms with Crippen molar-refractivity contribution in [1.29, 1.82) is 0 Å². The van der Waals surface area contributed by atoms with E-state index in [1.165, 1.54) is 0 Å². The van der Waals surface area contributed by atoms with Crippen LogP contribution in [-0.2, 0) is 0 Å². The molecule has 0 aromatic rings. The summed E-state index contributed by atoms with van der Waals surface area (Å²) < 4.78 is 0. The van der Waals surface area contributed by atoms with Gasteiger partial charge < -0.3 is 11.3 Å². The Balaban J connectivity index is -0.000000000500. The van der Waals surface area contributed by atoms with E-state index in [1.807, 2.05) is 0 Å². The minimum Gasteiger partial charge on any atom is -0.857 e. The van der Waals surface area contributed by atoms with Gasteiger partial charge in [-0.3, -0.25) is 0 Å². The van der Waals surface area contributed by atoms with Gasteiger partial charge in [-0.25, -0.2) is 0 Å². The van der Waals surface area contributed by atoms with Crippen molar-refractivity contribution >= 4 is 0 Å². The Morgan fingerprint density at radius 2 is 0.857 bits per heavy atom. The molecule has 0 saturated carbocycles. The van der Waals surface area contributed by atoms with Gasteiger partial charge in [0.25, 0.3) is 0 Å². The molecule has 0 aliphatic carbocycles. The molecule has 0 aromatic heterocycles. The molecule has 3 heteroatoms. The van der Waals surface area contributed by atoms with E-state index in [0.29, 0.717) is 0 Å². The van der Waals surface area contributed by atoms with Gasteiger partial charge in [-0.1, -0.05) is 22.3 Å². The largest absolute Gasteiger partial charge is 1.00 e. The Morgan fingerprint density at radius 1 is 0.857 bits per heavy atom. The summed E-state index contributed by atoms with van der Waals surface area (Å²) >= 11 is 0. The van der Waals surface area contributed by atoms with Gasteiger partial charge in [0.05, 0.1) is 0 Å². The first-order valence-electron chi connectivity index (χ1n) is 0.408. The molecule has 0 radical (unpaired) electrons. The molecule has 0 atom stereocenters. The summed E-state index contributed by atoms with van der Waals surface area (Å²) in [4.78, 5) is 0. The van der Waals surface area contributed by atoms with Gasteiger partial charge in [0, 0.05) is 0 Å². The van der Waals surface area contributed by atoms with E-state index in [9.17, 15) is 0 Å². The smallest absolute Gasteiger partial charge is 0.857 e. The Hall–Kier alpha value is 0.920. The molecule has 0 bridgehead atoms. The topological polar surface area (TPSA) is 58.1 Å². The van der Waals surface area contributed by atoms with E-state index in [-0.39, 0.29) is 58.0 Å². The van der Waals surface area contributed by atoms with Crippen LogP contribution in [-0.4, -0.2) is 7.11 Å². The first-order chi connectivity index (χ1) is 1.00. The van der Waals surface area contributed by atoms with Gasteiger partial charge in [-0.05, 0) is 0 Å². The van der Waals surface area contributed by atoms with Crippen molar-refractivity contribution < 1.29 is 34.7 Å². The average molecular weight is 119 g/mol. The molecule has 7 heavy (non-hydrogen) atoms. The Morgan fingerprint density at radius 3 is 0.857 bits per heavy atom. The van der Waals surface area contributed by atoms with Crippen molar-refractivity contribution in [3.63, 3.8) is 0 Å². The second-order valence-corrected chi connectivity index (χ2v) is 0. The minimum absolute atomic E-state index is 0. The Kier molecular flexibility index (Phi) is 4210. The van der Waals surface area contributed by atoms with Crippen molar-refractivity contribution in [2.24, 2.45) is 0 Å². The third-order valence-electron chi connectivity index (χ3n) is 0. The molecule has 0 aliphatic rings. The van der Waals surface area contributed by atoms with Crippen molar-refractivity contribution in [3.8, 4) is 0 Å². The fourth-order valence-corrected chi connectivity index (χ4v) is 0. The first-order valence-corrected chi connectivity index (χ1v) is 0.408. The van der Waals surface area contributed by atoms with Crippen LogP contribution >= 0.6 is 0 Å². The molecule has 0 heterocycles. The van der Waals surface area contributed by atoms with Gasteiger partial charge >= 0.3 is 29.6 Å². The third kappa shape index (κ3) is 198. The van der Waals surface area contributed by atoms with E-state index in [4.69, 9.17) is 5.11 Å². The normalized spacial score (nSPS) is 0.857. The maximum atomic E-state index is 8.25. The van der Waals surface area contributed by atoms with Crippen molar-refractivity contribution in [2.75, 3.05) is 7.11 Å². The second kappa shape index (κ2) is 287. The van der Waals surface area contributed by atoms with E-state index < -0.39 is 0 Å². The zero-order valence-corrected chi connectivity index (χ0v) is 5.12. The van der Waals surface area contributed by atoms with Crippen LogP contribution in [0.2, 0.25) is 0 Å². The third-order valence-corrected chi connectivity index (χ3v) is 0. The standard InChI is InChI=1S/CH3O.3CH4.H3N.Na/c1-2;;;;;/h1H3;3*1H4;1H3;/q-1;;;;;+1. The van der Waals surface area contributed by atoms with E-state index in [1.54, 1.807) is 0 Å². The van der Waals surface area contributed by atoms with Crippen LogP contribution < -0.4 is 40.8 Å².